The van der Waals surface area contributed by atoms with Gasteiger partial charge in [0, 0.05) is 28.9 Å². The van der Waals surface area contributed by atoms with Crippen molar-refractivity contribution in [2.75, 3.05) is 0 Å². The minimum atomic E-state index is 0.172. The van der Waals surface area contributed by atoms with Gasteiger partial charge < -0.3 is 4.98 Å². The topological polar surface area (TPSA) is 32.9 Å². The molecule has 1 heterocycles. The van der Waals surface area contributed by atoms with Crippen molar-refractivity contribution in [2.24, 2.45) is 0 Å². The number of aryl methyl sites for hydroxylation is 1. The van der Waals surface area contributed by atoms with Crippen LogP contribution in [0.3, 0.4) is 0 Å². The van der Waals surface area contributed by atoms with E-state index in [1.54, 1.807) is 0 Å². The molecule has 0 fully saturated rings. The van der Waals surface area contributed by atoms with Gasteiger partial charge in [0.1, 0.15) is 0 Å². The largest absolute Gasteiger partial charge is 0.358 e. The zero-order valence-corrected chi connectivity index (χ0v) is 15.1. The number of benzene rings is 3. The van der Waals surface area contributed by atoms with Crippen molar-refractivity contribution in [1.29, 1.82) is 0 Å². The molecule has 0 bridgehead atoms. The maximum Gasteiger partial charge on any atom is 0.163 e. The summed E-state index contributed by atoms with van der Waals surface area (Å²) in [6, 6.07) is 32.3. The van der Waals surface area contributed by atoms with E-state index in [4.69, 9.17) is 0 Å². The van der Waals surface area contributed by atoms with Crippen LogP contribution < -0.4 is 0 Å². The maximum atomic E-state index is 12.5. The lowest BCUT2D eigenvalue weighted by Gasteiger charge is -2.05. The normalized spacial score (nSPS) is 10.7. The van der Waals surface area contributed by atoms with E-state index in [-0.39, 0.29) is 5.78 Å². The number of carbonyl (C=O) groups is 1. The molecular weight excluding hydrogens is 330 g/mol. The van der Waals surface area contributed by atoms with Crippen molar-refractivity contribution in [2.45, 2.75) is 12.8 Å². The monoisotopic (exact) mass is 351 g/mol. The van der Waals surface area contributed by atoms with Crippen LogP contribution in [0.5, 0.6) is 0 Å². The Balaban J connectivity index is 1.64. The average molecular weight is 351 g/mol. The van der Waals surface area contributed by atoms with Crippen molar-refractivity contribution < 1.29 is 4.79 Å². The fourth-order valence-corrected chi connectivity index (χ4v) is 3.35. The van der Waals surface area contributed by atoms with E-state index in [9.17, 15) is 4.79 Å². The Bertz CT molecular complexity index is 1020. The summed E-state index contributed by atoms with van der Waals surface area (Å²) in [5, 5.41) is 0. The molecule has 0 aliphatic carbocycles. The highest BCUT2D eigenvalue weighted by molar-refractivity contribution is 5.96. The fraction of sp³-hybridized carbons (Fsp3) is 0.0800. The SMILES string of the molecule is O=C(CCc1[nH]c(-c2ccccc2)cc1-c1ccccc1)c1ccccc1. The Kier molecular flexibility index (Phi) is 4.97. The molecule has 27 heavy (non-hydrogen) atoms. The van der Waals surface area contributed by atoms with Crippen LogP contribution in [0.25, 0.3) is 22.4 Å². The number of rotatable bonds is 6. The second kappa shape index (κ2) is 7.88. The van der Waals surface area contributed by atoms with Crippen LogP contribution in [0.2, 0.25) is 0 Å². The second-order valence-electron chi connectivity index (χ2n) is 6.60. The summed E-state index contributed by atoms with van der Waals surface area (Å²) >= 11 is 0. The first-order chi connectivity index (χ1) is 13.3. The summed E-state index contributed by atoms with van der Waals surface area (Å²) in [6.45, 7) is 0. The van der Waals surface area contributed by atoms with Crippen molar-refractivity contribution in [1.82, 2.24) is 4.98 Å². The number of nitrogens with one attached hydrogen (secondary N) is 1. The molecule has 0 radical (unpaired) electrons. The third-order valence-electron chi connectivity index (χ3n) is 4.77. The second-order valence-corrected chi connectivity index (χ2v) is 6.60. The van der Waals surface area contributed by atoms with Gasteiger partial charge in [0.2, 0.25) is 0 Å². The Morgan fingerprint density at radius 1 is 0.704 bits per heavy atom. The molecule has 4 rings (SSSR count). The Morgan fingerprint density at radius 3 is 1.89 bits per heavy atom. The van der Waals surface area contributed by atoms with E-state index < -0.39 is 0 Å². The summed E-state index contributed by atoms with van der Waals surface area (Å²) in [4.78, 5) is 16.1. The molecule has 1 N–H and O–H groups in total. The number of hydrogen-bond donors (Lipinski definition) is 1. The van der Waals surface area contributed by atoms with Gasteiger partial charge in [-0.1, -0.05) is 91.0 Å². The number of aromatic amines is 1. The lowest BCUT2D eigenvalue weighted by atomic mass is 10.0. The third-order valence-corrected chi connectivity index (χ3v) is 4.77. The van der Waals surface area contributed by atoms with Gasteiger partial charge in [0.25, 0.3) is 0 Å². The van der Waals surface area contributed by atoms with Crippen molar-refractivity contribution in [3.8, 4) is 22.4 Å². The highest BCUT2D eigenvalue weighted by Gasteiger charge is 2.13. The van der Waals surface area contributed by atoms with Crippen LogP contribution in [0.15, 0.2) is 97.1 Å². The van der Waals surface area contributed by atoms with Crippen molar-refractivity contribution in [3.63, 3.8) is 0 Å². The molecule has 2 heteroatoms. The Hall–Kier alpha value is -3.39. The smallest absolute Gasteiger partial charge is 0.163 e. The van der Waals surface area contributed by atoms with Gasteiger partial charge in [-0.3, -0.25) is 4.79 Å². The van der Waals surface area contributed by atoms with E-state index >= 15 is 0 Å². The summed E-state index contributed by atoms with van der Waals surface area (Å²) in [7, 11) is 0. The molecule has 4 aromatic rings. The highest BCUT2D eigenvalue weighted by Crippen LogP contribution is 2.30. The van der Waals surface area contributed by atoms with Crippen LogP contribution in [-0.2, 0) is 6.42 Å². The molecule has 0 saturated carbocycles. The molecule has 2 nitrogen and oxygen atoms in total. The summed E-state index contributed by atoms with van der Waals surface area (Å²) in [6.07, 6.45) is 1.17. The van der Waals surface area contributed by atoms with Crippen LogP contribution >= 0.6 is 0 Å². The first-order valence-corrected chi connectivity index (χ1v) is 9.22. The number of Topliss-reactive ketones (excluding diaryl/α,β-unsaturated/α-hetero) is 1. The standard InChI is InChI=1S/C25H21NO/c27-25(21-14-8-3-9-15-21)17-16-23-22(19-10-4-1-5-11-19)18-24(26-23)20-12-6-2-7-13-20/h1-15,18,26H,16-17H2. The van der Waals surface area contributed by atoms with Crippen LogP contribution in [0, 0.1) is 0 Å². The highest BCUT2D eigenvalue weighted by atomic mass is 16.1. The van der Waals surface area contributed by atoms with Gasteiger partial charge in [0.05, 0.1) is 0 Å². The third kappa shape index (κ3) is 3.90. The number of aromatic nitrogens is 1. The van der Waals surface area contributed by atoms with Crippen molar-refractivity contribution >= 4 is 5.78 Å². The van der Waals surface area contributed by atoms with Gasteiger partial charge in [-0.25, -0.2) is 0 Å². The number of hydrogen-bond acceptors (Lipinski definition) is 1. The van der Waals surface area contributed by atoms with Crippen molar-refractivity contribution in [3.05, 3.63) is 108 Å². The number of carbonyl (C=O) groups excluding carboxylic acids is 1. The molecule has 0 atom stereocenters. The minimum Gasteiger partial charge on any atom is -0.358 e. The molecule has 0 unspecified atom stereocenters. The molecule has 0 aliphatic heterocycles. The molecule has 132 valence electrons. The van der Waals surface area contributed by atoms with E-state index in [0.717, 1.165) is 33.6 Å². The zero-order chi connectivity index (χ0) is 18.5. The van der Waals surface area contributed by atoms with E-state index in [2.05, 4.69) is 35.3 Å². The van der Waals surface area contributed by atoms with Gasteiger partial charge in [-0.15, -0.1) is 0 Å². The average Bonchev–Trinajstić information content (AvgIpc) is 3.18. The predicted octanol–water partition coefficient (Wildman–Crippen LogP) is 6.16. The zero-order valence-electron chi connectivity index (χ0n) is 15.1. The molecule has 1 aromatic heterocycles. The molecule has 3 aromatic carbocycles. The van der Waals surface area contributed by atoms with Crippen LogP contribution in [0.1, 0.15) is 22.5 Å². The summed E-state index contributed by atoms with van der Waals surface area (Å²) in [5.74, 6) is 0.172. The quantitative estimate of drug-likeness (QED) is 0.414. The molecule has 0 saturated heterocycles. The first-order valence-electron chi connectivity index (χ1n) is 9.22. The lowest BCUT2D eigenvalue weighted by molar-refractivity contribution is 0.0982. The Labute approximate surface area is 159 Å². The maximum absolute atomic E-state index is 12.5. The van der Waals surface area contributed by atoms with E-state index in [0.29, 0.717) is 12.8 Å². The predicted molar refractivity (Wildman–Crippen MR) is 111 cm³/mol. The summed E-state index contributed by atoms with van der Waals surface area (Å²) in [5.41, 5.74) is 6.43. The molecule has 0 spiro atoms. The van der Waals surface area contributed by atoms with Gasteiger partial charge in [-0.05, 0) is 23.6 Å². The minimum absolute atomic E-state index is 0.172. The van der Waals surface area contributed by atoms with Crippen LogP contribution in [-0.4, -0.2) is 10.8 Å². The Morgan fingerprint density at radius 2 is 1.26 bits per heavy atom. The van der Waals surface area contributed by atoms with Gasteiger partial charge >= 0.3 is 0 Å². The molecule has 0 amide bonds. The van der Waals surface area contributed by atoms with Gasteiger partial charge in [-0.2, -0.15) is 0 Å². The van der Waals surface area contributed by atoms with Crippen LogP contribution in [0.4, 0.5) is 0 Å². The van der Waals surface area contributed by atoms with E-state index in [1.165, 1.54) is 0 Å². The summed E-state index contributed by atoms with van der Waals surface area (Å²) < 4.78 is 0. The number of ketones is 1. The molecule has 0 aliphatic rings. The van der Waals surface area contributed by atoms with Gasteiger partial charge in [0.15, 0.2) is 5.78 Å². The fourth-order valence-electron chi connectivity index (χ4n) is 3.35. The first kappa shape index (κ1) is 17.0. The lowest BCUT2D eigenvalue weighted by Crippen LogP contribution is -2.01. The number of H-pyrrole nitrogens is 1. The molecular formula is C25H21NO. The van der Waals surface area contributed by atoms with E-state index in [1.807, 2.05) is 66.7 Å².